The van der Waals surface area contributed by atoms with Gasteiger partial charge in [0.05, 0.1) is 0 Å². The van der Waals surface area contributed by atoms with Crippen LogP contribution in [0.2, 0.25) is 5.02 Å². The lowest BCUT2D eigenvalue weighted by Crippen LogP contribution is -2.24. The lowest BCUT2D eigenvalue weighted by molar-refractivity contribution is -0.115. The van der Waals surface area contributed by atoms with E-state index in [1.807, 2.05) is 36.4 Å². The maximum atomic E-state index is 12.0. The summed E-state index contributed by atoms with van der Waals surface area (Å²) >= 11 is 9.31. The summed E-state index contributed by atoms with van der Waals surface area (Å²) < 4.78 is 0.978. The van der Waals surface area contributed by atoms with Crippen molar-refractivity contribution in [3.05, 3.63) is 74.9 Å². The zero-order chi connectivity index (χ0) is 14.8. The van der Waals surface area contributed by atoms with Gasteiger partial charge in [-0.25, -0.2) is 4.99 Å². The van der Waals surface area contributed by atoms with Crippen LogP contribution in [0.3, 0.4) is 0 Å². The first-order valence-electron chi connectivity index (χ1n) is 6.25. The molecule has 0 spiro atoms. The molecule has 0 unspecified atom stereocenters. The summed E-state index contributed by atoms with van der Waals surface area (Å²) in [6.45, 7) is 0. The Morgan fingerprint density at radius 1 is 1.14 bits per heavy atom. The van der Waals surface area contributed by atoms with Crippen LogP contribution in [0.1, 0.15) is 11.1 Å². The maximum Gasteiger partial charge on any atom is 0.275 e. The van der Waals surface area contributed by atoms with Crippen molar-refractivity contribution in [2.45, 2.75) is 0 Å². The number of carbonyl (C=O) groups is 1. The second kappa shape index (κ2) is 5.84. The lowest BCUT2D eigenvalue weighted by atomic mass is 10.2. The summed E-state index contributed by atoms with van der Waals surface area (Å²) in [5.41, 5.74) is 2.07. The zero-order valence-corrected chi connectivity index (χ0v) is 13.1. The minimum Gasteiger partial charge on any atom is -0.305 e. The fourth-order valence-corrected chi connectivity index (χ4v) is 2.43. The lowest BCUT2D eigenvalue weighted by Gasteiger charge is -1.99. The molecule has 0 saturated carbocycles. The first-order chi connectivity index (χ1) is 10.1. The number of halogens is 2. The largest absolute Gasteiger partial charge is 0.305 e. The van der Waals surface area contributed by atoms with Gasteiger partial charge in [-0.2, -0.15) is 0 Å². The molecule has 2 aromatic carbocycles. The Morgan fingerprint density at radius 2 is 1.90 bits per heavy atom. The molecule has 21 heavy (non-hydrogen) atoms. The molecular formula is C16H10BrClN2O. The molecule has 1 heterocycles. The fraction of sp³-hybridized carbons (Fsp3) is 0. The number of amides is 1. The third-order valence-electron chi connectivity index (χ3n) is 2.97. The highest BCUT2D eigenvalue weighted by atomic mass is 79.9. The molecular weight excluding hydrogens is 352 g/mol. The number of benzene rings is 2. The summed E-state index contributed by atoms with van der Waals surface area (Å²) in [6.07, 6.45) is 1.72. The number of nitrogens with one attached hydrogen (secondary N) is 1. The highest BCUT2D eigenvalue weighted by Gasteiger charge is 2.20. The molecule has 3 rings (SSSR count). The first-order valence-corrected chi connectivity index (χ1v) is 7.42. The molecule has 5 heteroatoms. The summed E-state index contributed by atoms with van der Waals surface area (Å²) in [7, 11) is 0. The van der Waals surface area contributed by atoms with Crippen molar-refractivity contribution in [3.63, 3.8) is 0 Å². The van der Waals surface area contributed by atoms with Crippen LogP contribution < -0.4 is 5.32 Å². The SMILES string of the molecule is O=C1NC(c2ccc(Br)cc2)=NC1=Cc1cccc(Cl)c1. The molecule has 0 saturated heterocycles. The van der Waals surface area contributed by atoms with E-state index < -0.39 is 0 Å². The van der Waals surface area contributed by atoms with Gasteiger partial charge in [-0.1, -0.05) is 51.8 Å². The summed E-state index contributed by atoms with van der Waals surface area (Å²) in [5, 5.41) is 3.39. The van der Waals surface area contributed by atoms with E-state index in [1.165, 1.54) is 0 Å². The summed E-state index contributed by atoms with van der Waals surface area (Å²) in [4.78, 5) is 16.3. The Hall–Kier alpha value is -1.91. The number of carbonyl (C=O) groups excluding carboxylic acids is 1. The number of nitrogens with zero attached hydrogens (tertiary/aromatic N) is 1. The van der Waals surface area contributed by atoms with Crippen molar-refractivity contribution in [1.82, 2.24) is 5.32 Å². The second-order valence-corrected chi connectivity index (χ2v) is 5.86. The molecule has 1 amide bonds. The van der Waals surface area contributed by atoms with Crippen LogP contribution in [0.4, 0.5) is 0 Å². The molecule has 3 nitrogen and oxygen atoms in total. The van der Waals surface area contributed by atoms with E-state index >= 15 is 0 Å². The second-order valence-electron chi connectivity index (χ2n) is 4.51. The van der Waals surface area contributed by atoms with Crippen molar-refractivity contribution in [2.75, 3.05) is 0 Å². The Labute approximate surface area is 135 Å². The Balaban J connectivity index is 1.93. The summed E-state index contributed by atoms with van der Waals surface area (Å²) in [5.74, 6) is 0.341. The zero-order valence-electron chi connectivity index (χ0n) is 10.8. The normalized spacial score (nSPS) is 16.0. The molecule has 104 valence electrons. The summed E-state index contributed by atoms with van der Waals surface area (Å²) in [6, 6.07) is 14.9. The van der Waals surface area contributed by atoms with Crippen molar-refractivity contribution < 1.29 is 4.79 Å². The monoisotopic (exact) mass is 360 g/mol. The van der Waals surface area contributed by atoms with Crippen LogP contribution in [0.5, 0.6) is 0 Å². The van der Waals surface area contributed by atoms with E-state index in [0.717, 1.165) is 15.6 Å². The highest BCUT2D eigenvalue weighted by Crippen LogP contribution is 2.18. The number of rotatable bonds is 2. The van der Waals surface area contributed by atoms with Crippen molar-refractivity contribution >= 4 is 45.3 Å². The molecule has 2 aromatic rings. The predicted molar refractivity (Wildman–Crippen MR) is 88.3 cm³/mol. The Bertz CT molecular complexity index is 766. The van der Waals surface area contributed by atoms with E-state index in [9.17, 15) is 4.79 Å². The molecule has 0 fully saturated rings. The number of hydrogen-bond acceptors (Lipinski definition) is 2. The van der Waals surface area contributed by atoms with Crippen LogP contribution in [-0.2, 0) is 4.79 Å². The number of hydrogen-bond donors (Lipinski definition) is 1. The van der Waals surface area contributed by atoms with E-state index in [0.29, 0.717) is 16.6 Å². The Morgan fingerprint density at radius 3 is 2.62 bits per heavy atom. The van der Waals surface area contributed by atoms with Gasteiger partial charge in [0.25, 0.3) is 5.91 Å². The van der Waals surface area contributed by atoms with Crippen molar-refractivity contribution in [2.24, 2.45) is 4.99 Å². The average molecular weight is 362 g/mol. The van der Waals surface area contributed by atoms with Crippen LogP contribution in [0.25, 0.3) is 6.08 Å². The topological polar surface area (TPSA) is 41.5 Å². The molecule has 1 aliphatic rings. The van der Waals surface area contributed by atoms with Crippen LogP contribution in [0, 0.1) is 0 Å². The van der Waals surface area contributed by atoms with Gasteiger partial charge in [-0.15, -0.1) is 0 Å². The average Bonchev–Trinajstić information content (AvgIpc) is 2.81. The standard InChI is InChI=1S/C16H10BrClN2O/c17-12-6-4-11(5-7-12)15-19-14(16(21)20-15)9-10-2-1-3-13(18)8-10/h1-9H,(H,19,20,21). The Kier molecular flexibility index (Phi) is 3.90. The first kappa shape index (κ1) is 14.0. The molecule has 0 atom stereocenters. The van der Waals surface area contributed by atoms with Gasteiger partial charge in [0, 0.05) is 15.1 Å². The molecule has 0 radical (unpaired) electrons. The molecule has 1 N–H and O–H groups in total. The van der Waals surface area contributed by atoms with Crippen molar-refractivity contribution in [3.8, 4) is 0 Å². The van der Waals surface area contributed by atoms with Crippen LogP contribution in [0.15, 0.2) is 63.7 Å². The van der Waals surface area contributed by atoms with Gasteiger partial charge >= 0.3 is 0 Å². The molecule has 0 aliphatic carbocycles. The highest BCUT2D eigenvalue weighted by molar-refractivity contribution is 9.10. The van der Waals surface area contributed by atoms with Gasteiger partial charge in [-0.3, -0.25) is 4.79 Å². The van der Waals surface area contributed by atoms with Crippen molar-refractivity contribution in [1.29, 1.82) is 0 Å². The maximum absolute atomic E-state index is 12.0. The third-order valence-corrected chi connectivity index (χ3v) is 3.73. The van der Waals surface area contributed by atoms with Gasteiger partial charge < -0.3 is 5.32 Å². The predicted octanol–water partition coefficient (Wildman–Crippen LogP) is 4.02. The number of amidine groups is 1. The van der Waals surface area contributed by atoms with E-state index in [-0.39, 0.29) is 5.91 Å². The van der Waals surface area contributed by atoms with E-state index in [4.69, 9.17) is 11.6 Å². The smallest absolute Gasteiger partial charge is 0.275 e. The van der Waals surface area contributed by atoms with Gasteiger partial charge in [0.1, 0.15) is 11.5 Å². The fourth-order valence-electron chi connectivity index (χ4n) is 1.97. The molecule has 1 aliphatic heterocycles. The van der Waals surface area contributed by atoms with Gasteiger partial charge in [0.15, 0.2) is 0 Å². The van der Waals surface area contributed by atoms with Gasteiger partial charge in [0.2, 0.25) is 0 Å². The molecule has 0 bridgehead atoms. The third kappa shape index (κ3) is 3.23. The van der Waals surface area contributed by atoms with Crippen LogP contribution in [-0.4, -0.2) is 11.7 Å². The van der Waals surface area contributed by atoms with E-state index in [2.05, 4.69) is 26.2 Å². The van der Waals surface area contributed by atoms with Gasteiger partial charge in [-0.05, 0) is 35.9 Å². The van der Waals surface area contributed by atoms with Crippen LogP contribution >= 0.6 is 27.5 Å². The number of aliphatic imine (C=N–C) groups is 1. The minimum absolute atomic E-state index is 0.215. The molecule has 0 aromatic heterocycles. The van der Waals surface area contributed by atoms with E-state index in [1.54, 1.807) is 18.2 Å². The minimum atomic E-state index is -0.215. The quantitative estimate of drug-likeness (QED) is 0.807.